The number of carbonyl (C=O) groups is 2. The molecule has 0 aromatic heterocycles. The summed E-state index contributed by atoms with van der Waals surface area (Å²) >= 11 is 13.2. The van der Waals surface area contributed by atoms with Gasteiger partial charge in [0, 0.05) is 18.7 Å². The first-order valence-electron chi connectivity index (χ1n) is 14.4. The molecule has 44 heavy (non-hydrogen) atoms. The van der Waals surface area contributed by atoms with Crippen molar-refractivity contribution in [2.45, 2.75) is 19.3 Å². The normalized spacial score (nSPS) is 16.1. The fourth-order valence-electron chi connectivity index (χ4n) is 5.05. The van der Waals surface area contributed by atoms with Crippen LogP contribution in [0.15, 0.2) is 65.6 Å². The standard InChI is InChI=1S/C33H33ClN2O6S2/c1-40-29-12-8-24(20-27(29)34)23-7-11-28(42-18-16-35-13-2-3-14-35)25(19-23)21-30-31(37)36(33(43)44-30)15-4-17-41-26-9-5-22(6-10-26)32(38)39/h5-12,19-21H,2-4,13-18H2,1H3,(H,38,39)/b30-21-. The maximum absolute atomic E-state index is 13.4. The highest BCUT2D eigenvalue weighted by Gasteiger charge is 2.32. The molecule has 2 aliphatic heterocycles. The molecule has 230 valence electrons. The van der Waals surface area contributed by atoms with Crippen molar-refractivity contribution in [2.24, 2.45) is 0 Å². The number of amides is 1. The van der Waals surface area contributed by atoms with Gasteiger partial charge >= 0.3 is 5.97 Å². The Balaban J connectivity index is 1.29. The molecule has 0 saturated carbocycles. The number of carboxylic acids is 1. The van der Waals surface area contributed by atoms with Crippen LogP contribution in [0.2, 0.25) is 5.02 Å². The number of benzene rings is 3. The Morgan fingerprint density at radius 1 is 0.977 bits per heavy atom. The lowest BCUT2D eigenvalue weighted by Gasteiger charge is -2.17. The monoisotopic (exact) mass is 652 g/mol. The van der Waals surface area contributed by atoms with Gasteiger partial charge in [-0.2, -0.15) is 0 Å². The average molecular weight is 653 g/mol. The van der Waals surface area contributed by atoms with Crippen molar-refractivity contribution in [1.82, 2.24) is 9.80 Å². The number of thiocarbonyl (C=S) groups is 1. The maximum atomic E-state index is 13.4. The van der Waals surface area contributed by atoms with Crippen LogP contribution in [-0.2, 0) is 4.79 Å². The summed E-state index contributed by atoms with van der Waals surface area (Å²) in [6.45, 7) is 4.34. The summed E-state index contributed by atoms with van der Waals surface area (Å²) in [7, 11) is 1.58. The van der Waals surface area contributed by atoms with E-state index in [1.54, 1.807) is 24.1 Å². The van der Waals surface area contributed by atoms with Gasteiger partial charge in [-0.1, -0.05) is 47.7 Å². The molecule has 3 aromatic carbocycles. The fourth-order valence-corrected chi connectivity index (χ4v) is 6.61. The van der Waals surface area contributed by atoms with Crippen molar-refractivity contribution in [1.29, 1.82) is 0 Å². The number of rotatable bonds is 13. The number of hydrogen-bond donors (Lipinski definition) is 1. The number of thioether (sulfide) groups is 1. The molecule has 2 aliphatic rings. The number of halogens is 1. The Bertz CT molecular complexity index is 1560. The molecule has 5 rings (SSSR count). The highest BCUT2D eigenvalue weighted by Crippen LogP contribution is 2.37. The second-order valence-electron chi connectivity index (χ2n) is 10.4. The van der Waals surface area contributed by atoms with E-state index in [1.165, 1.54) is 36.7 Å². The maximum Gasteiger partial charge on any atom is 0.335 e. The average Bonchev–Trinajstić information content (AvgIpc) is 3.63. The molecule has 8 nitrogen and oxygen atoms in total. The molecule has 0 bridgehead atoms. The molecule has 0 spiro atoms. The van der Waals surface area contributed by atoms with Gasteiger partial charge in [0.05, 0.1) is 29.2 Å². The molecular weight excluding hydrogens is 620 g/mol. The number of nitrogens with zero attached hydrogens (tertiary/aromatic N) is 2. The van der Waals surface area contributed by atoms with Crippen LogP contribution in [0, 0.1) is 0 Å². The number of likely N-dealkylation sites (tertiary alicyclic amines) is 1. The van der Waals surface area contributed by atoms with Gasteiger partial charge in [-0.05, 0) is 98.1 Å². The zero-order valence-corrected chi connectivity index (χ0v) is 26.7. The first kappa shape index (κ1) is 31.8. The summed E-state index contributed by atoms with van der Waals surface area (Å²) in [5, 5.41) is 9.56. The molecule has 2 fully saturated rings. The van der Waals surface area contributed by atoms with Crippen molar-refractivity contribution < 1.29 is 28.9 Å². The zero-order valence-electron chi connectivity index (χ0n) is 24.3. The molecule has 2 saturated heterocycles. The van der Waals surface area contributed by atoms with E-state index in [1.807, 2.05) is 42.5 Å². The molecule has 1 N–H and O–H groups in total. The predicted octanol–water partition coefficient (Wildman–Crippen LogP) is 6.86. The van der Waals surface area contributed by atoms with Crippen LogP contribution < -0.4 is 14.2 Å². The van der Waals surface area contributed by atoms with Gasteiger partial charge in [-0.3, -0.25) is 14.6 Å². The largest absolute Gasteiger partial charge is 0.495 e. The summed E-state index contributed by atoms with van der Waals surface area (Å²) < 4.78 is 17.8. The van der Waals surface area contributed by atoms with Crippen LogP contribution in [0.25, 0.3) is 17.2 Å². The van der Waals surface area contributed by atoms with E-state index >= 15 is 0 Å². The van der Waals surface area contributed by atoms with E-state index in [-0.39, 0.29) is 11.5 Å². The third-order valence-corrected chi connectivity index (χ3v) is 9.09. The topological polar surface area (TPSA) is 88.5 Å². The van der Waals surface area contributed by atoms with E-state index in [0.29, 0.717) is 57.7 Å². The van der Waals surface area contributed by atoms with Crippen LogP contribution >= 0.6 is 35.6 Å². The van der Waals surface area contributed by atoms with Gasteiger partial charge < -0.3 is 19.3 Å². The molecule has 2 heterocycles. The SMILES string of the molecule is COc1ccc(-c2ccc(OCCN3CCCC3)c(/C=C3\SC(=S)N(CCCOc4ccc(C(=O)O)cc4)C3=O)c2)cc1Cl. The minimum absolute atomic E-state index is 0.160. The lowest BCUT2D eigenvalue weighted by Crippen LogP contribution is -2.29. The third-order valence-electron chi connectivity index (χ3n) is 7.41. The van der Waals surface area contributed by atoms with Crippen molar-refractivity contribution in [3.05, 3.63) is 81.7 Å². The third kappa shape index (κ3) is 7.92. The number of carbonyl (C=O) groups excluding carboxylic acids is 1. The van der Waals surface area contributed by atoms with Crippen LogP contribution in [0.4, 0.5) is 0 Å². The second-order valence-corrected chi connectivity index (χ2v) is 12.4. The lowest BCUT2D eigenvalue weighted by atomic mass is 10.0. The quantitative estimate of drug-likeness (QED) is 0.121. The summed E-state index contributed by atoms with van der Waals surface area (Å²) in [5.74, 6) is 0.710. The molecular formula is C33H33ClN2O6S2. The minimum atomic E-state index is -0.989. The number of methoxy groups -OCH3 is 1. The zero-order chi connectivity index (χ0) is 31.1. The smallest absolute Gasteiger partial charge is 0.335 e. The van der Waals surface area contributed by atoms with E-state index in [0.717, 1.165) is 36.3 Å². The number of ether oxygens (including phenoxy) is 3. The molecule has 0 radical (unpaired) electrons. The Morgan fingerprint density at radius 3 is 2.36 bits per heavy atom. The highest BCUT2D eigenvalue weighted by atomic mass is 35.5. The summed E-state index contributed by atoms with van der Waals surface area (Å²) in [5.41, 5.74) is 2.82. The Hall–Kier alpha value is -3.57. The van der Waals surface area contributed by atoms with Gasteiger partial charge in [0.15, 0.2) is 0 Å². The van der Waals surface area contributed by atoms with Gasteiger partial charge in [0.1, 0.15) is 28.2 Å². The summed E-state index contributed by atoms with van der Waals surface area (Å²) in [4.78, 5) is 29.0. The first-order valence-corrected chi connectivity index (χ1v) is 16.0. The molecule has 11 heteroatoms. The van der Waals surface area contributed by atoms with Gasteiger partial charge in [-0.25, -0.2) is 4.79 Å². The first-order chi connectivity index (χ1) is 21.3. The van der Waals surface area contributed by atoms with Crippen molar-refractivity contribution >= 4 is 57.9 Å². The number of carboxylic acid groups (broad SMARTS) is 1. The van der Waals surface area contributed by atoms with E-state index in [4.69, 9.17) is 43.1 Å². The molecule has 1 amide bonds. The van der Waals surface area contributed by atoms with Gasteiger partial charge in [-0.15, -0.1) is 0 Å². The summed E-state index contributed by atoms with van der Waals surface area (Å²) in [6.07, 6.45) is 4.84. The van der Waals surface area contributed by atoms with Crippen LogP contribution in [0.3, 0.4) is 0 Å². The van der Waals surface area contributed by atoms with Gasteiger partial charge in [0.25, 0.3) is 5.91 Å². The van der Waals surface area contributed by atoms with E-state index in [9.17, 15) is 9.59 Å². The Labute approximate surface area is 271 Å². The molecule has 0 unspecified atom stereocenters. The van der Waals surface area contributed by atoms with E-state index in [2.05, 4.69) is 4.90 Å². The second kappa shape index (κ2) is 14.9. The molecule has 3 aromatic rings. The van der Waals surface area contributed by atoms with Crippen molar-refractivity contribution in [3.63, 3.8) is 0 Å². The number of aromatic carboxylic acids is 1. The van der Waals surface area contributed by atoms with Crippen LogP contribution in [-0.4, -0.2) is 77.6 Å². The van der Waals surface area contributed by atoms with Crippen LogP contribution in [0.5, 0.6) is 17.2 Å². The Kier molecular flexibility index (Phi) is 10.8. The van der Waals surface area contributed by atoms with E-state index < -0.39 is 5.97 Å². The Morgan fingerprint density at radius 2 is 1.68 bits per heavy atom. The predicted molar refractivity (Wildman–Crippen MR) is 178 cm³/mol. The van der Waals surface area contributed by atoms with Crippen molar-refractivity contribution in [3.8, 4) is 28.4 Å². The van der Waals surface area contributed by atoms with Crippen molar-refractivity contribution in [2.75, 3.05) is 46.5 Å². The molecule has 0 aliphatic carbocycles. The van der Waals surface area contributed by atoms with Gasteiger partial charge in [0.2, 0.25) is 0 Å². The lowest BCUT2D eigenvalue weighted by molar-refractivity contribution is -0.122. The number of hydrogen-bond acceptors (Lipinski definition) is 8. The highest BCUT2D eigenvalue weighted by molar-refractivity contribution is 8.26. The minimum Gasteiger partial charge on any atom is -0.495 e. The molecule has 0 atom stereocenters. The van der Waals surface area contributed by atoms with Crippen LogP contribution in [0.1, 0.15) is 35.2 Å². The summed E-state index contributed by atoms with van der Waals surface area (Å²) in [6, 6.07) is 17.8. The fraction of sp³-hybridized carbons (Fsp3) is 0.303.